The third-order valence-corrected chi connectivity index (χ3v) is 11.1. The van der Waals surface area contributed by atoms with E-state index in [1.165, 1.54) is 11.3 Å². The van der Waals surface area contributed by atoms with Gasteiger partial charge in [0.05, 0.1) is 18.4 Å². The van der Waals surface area contributed by atoms with Crippen molar-refractivity contribution in [3.63, 3.8) is 0 Å². The van der Waals surface area contributed by atoms with Crippen LogP contribution in [0.5, 0.6) is 0 Å². The third-order valence-electron chi connectivity index (χ3n) is 10.1. The molecule has 2 heterocycles. The highest BCUT2D eigenvalue weighted by molar-refractivity contribution is 7.15. The molecule has 1 saturated heterocycles. The average molecular weight is 533 g/mol. The Labute approximate surface area is 222 Å². The fraction of sp³-hybridized carbons (Fsp3) is 0.778. The van der Waals surface area contributed by atoms with Crippen molar-refractivity contribution in [3.05, 3.63) is 10.6 Å². The molecule has 3 amide bonds. The van der Waals surface area contributed by atoms with Crippen LogP contribution in [0.15, 0.2) is 0 Å². The van der Waals surface area contributed by atoms with E-state index >= 15 is 0 Å². The van der Waals surface area contributed by atoms with Gasteiger partial charge in [0.25, 0.3) is 0 Å². The zero-order valence-electron chi connectivity index (χ0n) is 22.2. The Morgan fingerprint density at radius 2 is 1.78 bits per heavy atom. The van der Waals surface area contributed by atoms with Gasteiger partial charge in [0, 0.05) is 61.7 Å². The molecule has 3 aliphatic carbocycles. The number of fused-ring (bicyclic) bond motifs is 2. The van der Waals surface area contributed by atoms with E-state index in [-0.39, 0.29) is 53.9 Å². The summed E-state index contributed by atoms with van der Waals surface area (Å²) < 4.78 is 0. The van der Waals surface area contributed by atoms with Gasteiger partial charge in [-0.25, -0.2) is 4.98 Å². The summed E-state index contributed by atoms with van der Waals surface area (Å²) in [7, 11) is 0. The van der Waals surface area contributed by atoms with E-state index in [1.54, 1.807) is 11.8 Å². The predicted octanol–water partition coefficient (Wildman–Crippen LogP) is 2.38. The number of aliphatic hydroxyl groups is 2. The van der Waals surface area contributed by atoms with E-state index in [0.717, 1.165) is 36.3 Å². The number of anilines is 1. The molecule has 5 rings (SSSR count). The largest absolute Gasteiger partial charge is 0.396 e. The predicted molar refractivity (Wildman–Crippen MR) is 140 cm³/mol. The smallest absolute Gasteiger partial charge is 0.229 e. The van der Waals surface area contributed by atoms with E-state index < -0.39 is 11.5 Å². The minimum atomic E-state index is -0.682. The first-order chi connectivity index (χ1) is 17.6. The summed E-state index contributed by atoms with van der Waals surface area (Å²) in [5, 5.41) is 25.0. The molecule has 2 saturated carbocycles. The van der Waals surface area contributed by atoms with E-state index in [0.29, 0.717) is 44.2 Å². The van der Waals surface area contributed by atoms with Crippen LogP contribution in [-0.2, 0) is 20.8 Å². The van der Waals surface area contributed by atoms with Crippen LogP contribution >= 0.6 is 11.3 Å². The number of hydrogen-bond acceptors (Lipinski definition) is 7. The van der Waals surface area contributed by atoms with Gasteiger partial charge >= 0.3 is 0 Å². The van der Waals surface area contributed by atoms with Crippen molar-refractivity contribution in [2.45, 2.75) is 77.7 Å². The van der Waals surface area contributed by atoms with Gasteiger partial charge in [-0.3, -0.25) is 14.4 Å². The standard InChI is InChI=1S/C27H40N4O5S/c1-16(33)30-9-11-31(12-10-30)22(35)13-18-23-19(37-25(28-23)29-24(36)17-5-4-6-17)14-20-26(18,2)8-7-21(34)27(20,3)15-32/h17-18,20-21,32,34H,4-15H2,1-3H3,(H,28,29,36)/t18-,20+,21-,26+,27+/m1/s1. The molecule has 1 aromatic rings. The number of carbonyl (C=O) groups is 3. The number of nitrogens with one attached hydrogen (secondary N) is 1. The van der Waals surface area contributed by atoms with Crippen LogP contribution < -0.4 is 5.32 Å². The Kier molecular flexibility index (Phi) is 7.13. The van der Waals surface area contributed by atoms with Gasteiger partial charge in [-0.05, 0) is 43.4 Å². The summed E-state index contributed by atoms with van der Waals surface area (Å²) in [4.78, 5) is 47.6. The zero-order valence-corrected chi connectivity index (χ0v) is 23.0. The molecule has 37 heavy (non-hydrogen) atoms. The van der Waals surface area contributed by atoms with Crippen molar-refractivity contribution in [3.8, 4) is 0 Å². The van der Waals surface area contributed by atoms with Crippen LogP contribution in [0.3, 0.4) is 0 Å². The van der Waals surface area contributed by atoms with E-state index in [9.17, 15) is 24.6 Å². The highest BCUT2D eigenvalue weighted by Gasteiger charge is 2.59. The van der Waals surface area contributed by atoms with Crippen molar-refractivity contribution < 1.29 is 24.6 Å². The Morgan fingerprint density at radius 1 is 1.11 bits per heavy atom. The molecule has 5 atom stereocenters. The summed E-state index contributed by atoms with van der Waals surface area (Å²) in [6.07, 6.45) is 4.56. The first-order valence-corrected chi connectivity index (χ1v) is 14.5. The van der Waals surface area contributed by atoms with Crippen LogP contribution in [0.1, 0.15) is 75.8 Å². The van der Waals surface area contributed by atoms with Gasteiger partial charge in [0.2, 0.25) is 17.7 Å². The number of hydrogen-bond donors (Lipinski definition) is 3. The minimum absolute atomic E-state index is 0.0209. The fourth-order valence-corrected chi connectivity index (χ4v) is 8.22. The fourth-order valence-electron chi connectivity index (χ4n) is 7.15. The lowest BCUT2D eigenvalue weighted by atomic mass is 9.47. The number of thiazole rings is 1. The summed E-state index contributed by atoms with van der Waals surface area (Å²) in [5.41, 5.74) is -0.123. The Balaban J connectivity index is 1.44. The van der Waals surface area contributed by atoms with Crippen molar-refractivity contribution in [2.75, 3.05) is 38.1 Å². The number of nitrogens with zero attached hydrogens (tertiary/aromatic N) is 3. The van der Waals surface area contributed by atoms with Crippen LogP contribution in [0.4, 0.5) is 5.13 Å². The minimum Gasteiger partial charge on any atom is -0.396 e. The second-order valence-electron chi connectivity index (χ2n) is 12.1. The maximum atomic E-state index is 13.6. The topological polar surface area (TPSA) is 123 Å². The normalized spacial score (nSPS) is 33.8. The zero-order chi connectivity index (χ0) is 26.5. The van der Waals surface area contributed by atoms with Crippen molar-refractivity contribution >= 4 is 34.2 Å². The van der Waals surface area contributed by atoms with E-state index in [2.05, 4.69) is 12.2 Å². The second kappa shape index (κ2) is 9.93. The number of carbonyl (C=O) groups excluding carboxylic acids is 3. The molecule has 10 heteroatoms. The van der Waals surface area contributed by atoms with Gasteiger partial charge in [-0.2, -0.15) is 0 Å². The van der Waals surface area contributed by atoms with Gasteiger partial charge in [0.15, 0.2) is 5.13 Å². The van der Waals surface area contributed by atoms with Gasteiger partial charge in [-0.1, -0.05) is 20.3 Å². The number of aromatic nitrogens is 1. The first-order valence-electron chi connectivity index (χ1n) is 13.7. The second-order valence-corrected chi connectivity index (χ2v) is 13.2. The molecule has 204 valence electrons. The lowest BCUT2D eigenvalue weighted by molar-refractivity contribution is -0.149. The molecule has 9 nitrogen and oxygen atoms in total. The van der Waals surface area contributed by atoms with E-state index in [4.69, 9.17) is 4.98 Å². The van der Waals surface area contributed by atoms with E-state index in [1.807, 2.05) is 11.8 Å². The van der Waals surface area contributed by atoms with Crippen LogP contribution in [-0.4, -0.2) is 81.6 Å². The van der Waals surface area contributed by atoms with Crippen LogP contribution in [0.2, 0.25) is 0 Å². The van der Waals surface area contributed by atoms with Crippen molar-refractivity contribution in [1.82, 2.24) is 14.8 Å². The molecule has 1 aromatic heterocycles. The number of amides is 3. The third kappa shape index (κ3) is 4.59. The Morgan fingerprint density at radius 3 is 2.38 bits per heavy atom. The number of aliphatic hydroxyl groups excluding tert-OH is 2. The number of piperazine rings is 1. The highest BCUT2D eigenvalue weighted by atomic mass is 32.1. The molecule has 3 fully saturated rings. The lowest BCUT2D eigenvalue weighted by Crippen LogP contribution is -2.58. The van der Waals surface area contributed by atoms with Gasteiger partial charge in [0.1, 0.15) is 0 Å². The SMILES string of the molecule is CC(=O)N1CCN(C(=O)C[C@@H]2c3nc(NC(=O)C4CCC4)sc3C[C@@H]3[C@](C)(CO)[C@H](O)CC[C@]32C)CC1. The monoisotopic (exact) mass is 532 g/mol. The van der Waals surface area contributed by atoms with Gasteiger partial charge in [-0.15, -0.1) is 11.3 Å². The van der Waals surface area contributed by atoms with Crippen LogP contribution in [0.25, 0.3) is 0 Å². The molecule has 3 N–H and O–H groups in total. The quantitative estimate of drug-likeness (QED) is 0.535. The highest BCUT2D eigenvalue weighted by Crippen LogP contribution is 2.63. The lowest BCUT2D eigenvalue weighted by Gasteiger charge is -2.58. The summed E-state index contributed by atoms with van der Waals surface area (Å²) >= 11 is 1.48. The average Bonchev–Trinajstić information content (AvgIpc) is 3.23. The molecule has 4 aliphatic rings. The Bertz CT molecular complexity index is 1070. The van der Waals surface area contributed by atoms with Gasteiger partial charge < -0.3 is 25.3 Å². The first kappa shape index (κ1) is 26.6. The van der Waals surface area contributed by atoms with Crippen LogP contribution in [0, 0.1) is 22.7 Å². The molecule has 0 spiro atoms. The molecule has 0 radical (unpaired) electrons. The molecule has 0 unspecified atom stereocenters. The van der Waals surface area contributed by atoms with Crippen molar-refractivity contribution in [1.29, 1.82) is 0 Å². The summed E-state index contributed by atoms with van der Waals surface area (Å²) in [6.45, 7) is 7.71. The molecule has 0 aromatic carbocycles. The number of rotatable bonds is 5. The maximum Gasteiger partial charge on any atom is 0.229 e. The Hall–Kier alpha value is -2.04. The maximum absolute atomic E-state index is 13.6. The molecule has 0 bridgehead atoms. The molecule has 1 aliphatic heterocycles. The summed E-state index contributed by atoms with van der Waals surface area (Å²) in [6, 6.07) is 0. The summed E-state index contributed by atoms with van der Waals surface area (Å²) in [5.74, 6) is -0.0476. The van der Waals surface area contributed by atoms with Crippen molar-refractivity contribution in [2.24, 2.45) is 22.7 Å². The molecular weight excluding hydrogens is 492 g/mol. The molecular formula is C27H40N4O5S.